The van der Waals surface area contributed by atoms with E-state index in [1.165, 1.54) is 17.5 Å². The second-order valence-corrected chi connectivity index (χ2v) is 6.18. The Morgan fingerprint density at radius 2 is 2.12 bits per heavy atom. The van der Waals surface area contributed by atoms with Gasteiger partial charge in [0.25, 0.3) is 5.91 Å². The second kappa shape index (κ2) is 8.91. The number of anilines is 2. The molecule has 1 amide bonds. The van der Waals surface area contributed by atoms with Crippen LogP contribution in [0.25, 0.3) is 0 Å². The van der Waals surface area contributed by atoms with Crippen molar-refractivity contribution in [1.82, 2.24) is 15.2 Å². The Kier molecular flexibility index (Phi) is 6.10. The van der Waals surface area contributed by atoms with E-state index in [4.69, 9.17) is 4.74 Å². The highest BCUT2D eigenvalue weighted by Crippen LogP contribution is 2.18. The number of carbonyl (C=O) groups is 1. The highest BCUT2D eigenvalue weighted by molar-refractivity contribution is 7.13. The first-order chi connectivity index (χ1) is 12.8. The van der Waals surface area contributed by atoms with Crippen LogP contribution in [0.5, 0.6) is 5.75 Å². The lowest BCUT2D eigenvalue weighted by Gasteiger charge is -2.11. The third-order valence-corrected chi connectivity index (χ3v) is 4.19. The van der Waals surface area contributed by atoms with Crippen LogP contribution in [-0.2, 0) is 6.42 Å². The predicted octanol–water partition coefficient (Wildman–Crippen LogP) is 3.24. The number of hydrogen-bond acceptors (Lipinski definition) is 7. The summed E-state index contributed by atoms with van der Waals surface area (Å²) in [6, 6.07) is 11.5. The van der Waals surface area contributed by atoms with E-state index >= 15 is 0 Å². The molecule has 2 aromatic heterocycles. The van der Waals surface area contributed by atoms with Gasteiger partial charge in [-0.25, -0.2) is 4.98 Å². The number of benzene rings is 1. The molecule has 0 bridgehead atoms. The number of aromatic nitrogens is 3. The van der Waals surface area contributed by atoms with Crippen LogP contribution in [-0.4, -0.2) is 34.2 Å². The summed E-state index contributed by atoms with van der Waals surface area (Å²) >= 11 is 1.27. The number of pyridine rings is 1. The first-order valence-electron chi connectivity index (χ1n) is 8.24. The van der Waals surface area contributed by atoms with Crippen LogP contribution < -0.4 is 15.4 Å². The molecule has 1 aromatic carbocycles. The fourth-order valence-corrected chi connectivity index (χ4v) is 2.80. The van der Waals surface area contributed by atoms with Gasteiger partial charge in [-0.1, -0.05) is 29.5 Å². The monoisotopic (exact) mass is 369 g/mol. The van der Waals surface area contributed by atoms with Crippen molar-refractivity contribution in [1.29, 1.82) is 0 Å². The number of amides is 1. The molecule has 0 saturated carbocycles. The van der Waals surface area contributed by atoms with Gasteiger partial charge in [0.05, 0.1) is 12.2 Å². The molecule has 0 aliphatic carbocycles. The Morgan fingerprint density at radius 3 is 2.85 bits per heavy atom. The van der Waals surface area contributed by atoms with E-state index in [9.17, 15) is 4.79 Å². The topological polar surface area (TPSA) is 89.0 Å². The zero-order valence-electron chi connectivity index (χ0n) is 14.3. The van der Waals surface area contributed by atoms with Gasteiger partial charge in [-0.05, 0) is 37.1 Å². The number of para-hydroxylation sites is 1. The van der Waals surface area contributed by atoms with Crippen molar-refractivity contribution in [3.05, 3.63) is 59.2 Å². The molecule has 8 heteroatoms. The van der Waals surface area contributed by atoms with Crippen LogP contribution in [0.2, 0.25) is 0 Å². The van der Waals surface area contributed by atoms with Gasteiger partial charge in [0, 0.05) is 12.7 Å². The summed E-state index contributed by atoms with van der Waals surface area (Å²) in [5.41, 5.74) is 3.17. The molecule has 3 aromatic rings. The molecule has 0 unspecified atom stereocenters. The standard InChI is InChI=1S/C18H19N5O2S/c1-2-25-15-6-4-3-5-13(15)9-10-19-16-8-7-14(11-20-16)17(24)22-18-23-21-12-26-18/h3-8,11-12H,2,9-10H2,1H3,(H,19,20)(H,22,23,24). The number of carbonyl (C=O) groups excluding carboxylic acids is 1. The summed E-state index contributed by atoms with van der Waals surface area (Å²) in [6.07, 6.45) is 2.35. The summed E-state index contributed by atoms with van der Waals surface area (Å²) in [5, 5.41) is 13.9. The summed E-state index contributed by atoms with van der Waals surface area (Å²) in [6.45, 7) is 3.33. The number of rotatable bonds is 8. The molecule has 0 aliphatic heterocycles. The van der Waals surface area contributed by atoms with E-state index in [1.54, 1.807) is 17.6 Å². The van der Waals surface area contributed by atoms with Crippen molar-refractivity contribution in [2.24, 2.45) is 0 Å². The molecule has 7 nitrogen and oxygen atoms in total. The van der Waals surface area contributed by atoms with Gasteiger partial charge in [-0.15, -0.1) is 10.2 Å². The van der Waals surface area contributed by atoms with Crippen LogP contribution in [0.15, 0.2) is 48.1 Å². The van der Waals surface area contributed by atoms with Crippen molar-refractivity contribution in [2.45, 2.75) is 13.3 Å². The maximum absolute atomic E-state index is 12.1. The van der Waals surface area contributed by atoms with Crippen molar-refractivity contribution in [2.75, 3.05) is 23.8 Å². The lowest BCUT2D eigenvalue weighted by Crippen LogP contribution is -2.13. The minimum Gasteiger partial charge on any atom is -0.494 e. The van der Waals surface area contributed by atoms with Crippen LogP contribution in [0.4, 0.5) is 10.9 Å². The van der Waals surface area contributed by atoms with Crippen LogP contribution in [0, 0.1) is 0 Å². The normalized spacial score (nSPS) is 10.3. The molecule has 0 fully saturated rings. The Balaban J connectivity index is 1.52. The molecule has 0 aliphatic rings. The molecule has 2 heterocycles. The summed E-state index contributed by atoms with van der Waals surface area (Å²) in [7, 11) is 0. The highest BCUT2D eigenvalue weighted by atomic mass is 32.1. The zero-order chi connectivity index (χ0) is 18.2. The predicted molar refractivity (Wildman–Crippen MR) is 102 cm³/mol. The fraction of sp³-hybridized carbons (Fsp3) is 0.222. The smallest absolute Gasteiger partial charge is 0.259 e. The van der Waals surface area contributed by atoms with Crippen LogP contribution in [0.1, 0.15) is 22.8 Å². The van der Waals surface area contributed by atoms with Crippen molar-refractivity contribution in [3.63, 3.8) is 0 Å². The molecular formula is C18H19N5O2S. The summed E-state index contributed by atoms with van der Waals surface area (Å²) in [5.74, 6) is 1.37. The molecule has 0 atom stereocenters. The summed E-state index contributed by atoms with van der Waals surface area (Å²) < 4.78 is 5.63. The second-order valence-electron chi connectivity index (χ2n) is 5.35. The fourth-order valence-electron chi connectivity index (χ4n) is 2.36. The van der Waals surface area contributed by atoms with E-state index < -0.39 is 0 Å². The first kappa shape index (κ1) is 17.8. The average Bonchev–Trinajstić information content (AvgIpc) is 3.17. The van der Waals surface area contributed by atoms with Gasteiger partial charge in [0.2, 0.25) is 5.13 Å². The van der Waals surface area contributed by atoms with Crippen LogP contribution in [0.3, 0.4) is 0 Å². The van der Waals surface area contributed by atoms with Gasteiger partial charge in [-0.2, -0.15) is 0 Å². The molecular weight excluding hydrogens is 350 g/mol. The Morgan fingerprint density at radius 1 is 1.23 bits per heavy atom. The molecule has 0 radical (unpaired) electrons. The Bertz CT molecular complexity index is 837. The Labute approximate surface area is 155 Å². The maximum Gasteiger partial charge on any atom is 0.259 e. The molecule has 3 rings (SSSR count). The van der Waals surface area contributed by atoms with E-state index in [1.807, 2.05) is 25.1 Å². The van der Waals surface area contributed by atoms with E-state index in [0.717, 1.165) is 17.7 Å². The van der Waals surface area contributed by atoms with E-state index in [0.29, 0.717) is 29.7 Å². The van der Waals surface area contributed by atoms with E-state index in [2.05, 4.69) is 31.9 Å². The largest absolute Gasteiger partial charge is 0.494 e. The van der Waals surface area contributed by atoms with Crippen LogP contribution >= 0.6 is 11.3 Å². The quantitative estimate of drug-likeness (QED) is 0.634. The molecule has 2 N–H and O–H groups in total. The lowest BCUT2D eigenvalue weighted by molar-refractivity contribution is 0.102. The minimum absolute atomic E-state index is 0.258. The van der Waals surface area contributed by atoms with Gasteiger partial charge in [-0.3, -0.25) is 10.1 Å². The molecule has 0 saturated heterocycles. The zero-order valence-corrected chi connectivity index (χ0v) is 15.1. The molecule has 134 valence electrons. The van der Waals surface area contributed by atoms with Gasteiger partial charge >= 0.3 is 0 Å². The molecule has 0 spiro atoms. The Hall–Kier alpha value is -3.00. The average molecular weight is 369 g/mol. The van der Waals surface area contributed by atoms with Gasteiger partial charge in [0.15, 0.2) is 0 Å². The molecule has 26 heavy (non-hydrogen) atoms. The third kappa shape index (κ3) is 4.76. The SMILES string of the molecule is CCOc1ccccc1CCNc1ccc(C(=O)Nc2nncs2)cn1. The van der Waals surface area contributed by atoms with Crippen molar-refractivity contribution >= 4 is 28.2 Å². The van der Waals surface area contributed by atoms with Crippen molar-refractivity contribution in [3.8, 4) is 5.75 Å². The van der Waals surface area contributed by atoms with E-state index in [-0.39, 0.29) is 5.91 Å². The number of nitrogens with zero attached hydrogens (tertiary/aromatic N) is 3. The lowest BCUT2D eigenvalue weighted by atomic mass is 10.1. The minimum atomic E-state index is -0.258. The third-order valence-electron chi connectivity index (χ3n) is 3.58. The van der Waals surface area contributed by atoms with Crippen molar-refractivity contribution < 1.29 is 9.53 Å². The maximum atomic E-state index is 12.1. The number of hydrogen-bond donors (Lipinski definition) is 2. The number of nitrogens with one attached hydrogen (secondary N) is 2. The first-order valence-corrected chi connectivity index (χ1v) is 9.12. The highest BCUT2D eigenvalue weighted by Gasteiger charge is 2.08. The summed E-state index contributed by atoms with van der Waals surface area (Å²) in [4.78, 5) is 16.4. The number of ether oxygens (including phenoxy) is 1. The van der Waals surface area contributed by atoms with Gasteiger partial charge < -0.3 is 10.1 Å². The van der Waals surface area contributed by atoms with Gasteiger partial charge in [0.1, 0.15) is 17.1 Å².